The quantitative estimate of drug-likeness (QED) is 0.603. The Hall–Kier alpha value is -3.12. The lowest BCUT2D eigenvalue weighted by Crippen LogP contribution is -2.43. The van der Waals surface area contributed by atoms with Crippen molar-refractivity contribution in [1.82, 2.24) is 5.32 Å². The van der Waals surface area contributed by atoms with E-state index >= 15 is 0 Å². The van der Waals surface area contributed by atoms with Crippen molar-refractivity contribution < 1.29 is 13.2 Å². The molecule has 3 aromatic carbocycles. The Morgan fingerprint density at radius 2 is 1.75 bits per heavy atom. The monoisotopic (exact) mass is 448 g/mol. The molecule has 0 fully saturated rings. The topological polar surface area (TPSA) is 66.5 Å². The minimum absolute atomic E-state index is 0.232. The minimum atomic E-state index is -3.85. The molecule has 32 heavy (non-hydrogen) atoms. The molecule has 0 aromatic heterocycles. The van der Waals surface area contributed by atoms with Gasteiger partial charge in [0.15, 0.2) is 0 Å². The fraction of sp³-hybridized carbons (Fsp3) is 0.269. The Labute approximate surface area is 190 Å². The maximum atomic E-state index is 13.5. The second-order valence-corrected chi connectivity index (χ2v) is 10.2. The van der Waals surface area contributed by atoms with Crippen LogP contribution in [0.5, 0.6) is 0 Å². The Morgan fingerprint density at radius 1 is 1.00 bits per heavy atom. The van der Waals surface area contributed by atoms with Gasteiger partial charge < -0.3 is 5.32 Å². The van der Waals surface area contributed by atoms with E-state index in [0.717, 1.165) is 34.2 Å². The standard InChI is InChI=1S/C26H28N2O3S/c1-5-20-12-13-24-23(15-20)21-8-6-7-9-25(21)32(30,31)28(24)16-26(29)27-19(4)22-14-17(2)10-11-18(22)3/h6-15,19H,5,16H2,1-4H3,(H,27,29). The van der Waals surface area contributed by atoms with Gasteiger partial charge in [0.1, 0.15) is 6.54 Å². The second kappa shape index (κ2) is 8.43. The van der Waals surface area contributed by atoms with Crippen molar-refractivity contribution in [3.63, 3.8) is 0 Å². The number of hydrogen-bond acceptors (Lipinski definition) is 3. The maximum absolute atomic E-state index is 13.5. The molecule has 1 atom stereocenters. The Morgan fingerprint density at radius 3 is 2.50 bits per heavy atom. The number of sulfonamides is 1. The van der Waals surface area contributed by atoms with Gasteiger partial charge in [-0.3, -0.25) is 9.10 Å². The van der Waals surface area contributed by atoms with E-state index in [1.807, 2.05) is 63.2 Å². The lowest BCUT2D eigenvalue weighted by atomic mass is 9.99. The molecule has 0 saturated heterocycles. The van der Waals surface area contributed by atoms with Crippen molar-refractivity contribution >= 4 is 21.6 Å². The van der Waals surface area contributed by atoms with Crippen LogP contribution in [0.1, 0.15) is 42.1 Å². The van der Waals surface area contributed by atoms with Crippen LogP contribution in [0.15, 0.2) is 65.6 Å². The van der Waals surface area contributed by atoms with Gasteiger partial charge in [-0.1, -0.05) is 55.0 Å². The van der Waals surface area contributed by atoms with Crippen molar-refractivity contribution in [2.75, 3.05) is 10.8 Å². The lowest BCUT2D eigenvalue weighted by Gasteiger charge is -2.32. The summed E-state index contributed by atoms with van der Waals surface area (Å²) in [5.41, 5.74) is 6.39. The van der Waals surface area contributed by atoms with Crippen LogP contribution >= 0.6 is 0 Å². The van der Waals surface area contributed by atoms with Gasteiger partial charge in [0.2, 0.25) is 5.91 Å². The molecule has 1 unspecified atom stereocenters. The van der Waals surface area contributed by atoms with E-state index in [4.69, 9.17) is 0 Å². The number of anilines is 1. The van der Waals surface area contributed by atoms with E-state index in [1.54, 1.807) is 12.1 Å². The van der Waals surface area contributed by atoms with Crippen LogP contribution in [0.4, 0.5) is 5.69 Å². The van der Waals surface area contributed by atoms with Crippen LogP contribution in [0.25, 0.3) is 11.1 Å². The van der Waals surface area contributed by atoms with E-state index < -0.39 is 10.0 Å². The number of rotatable bonds is 5. The first kappa shape index (κ1) is 22.1. The summed E-state index contributed by atoms with van der Waals surface area (Å²) in [6.45, 7) is 7.72. The van der Waals surface area contributed by atoms with Crippen LogP contribution < -0.4 is 9.62 Å². The van der Waals surface area contributed by atoms with E-state index in [0.29, 0.717) is 11.3 Å². The fourth-order valence-corrected chi connectivity index (χ4v) is 5.94. The fourth-order valence-electron chi connectivity index (χ4n) is 4.29. The summed E-state index contributed by atoms with van der Waals surface area (Å²) in [5.74, 6) is -0.341. The highest BCUT2D eigenvalue weighted by Gasteiger charge is 2.36. The molecule has 6 heteroatoms. The number of carbonyl (C=O) groups is 1. The summed E-state index contributed by atoms with van der Waals surface area (Å²) in [7, 11) is -3.85. The second-order valence-electron chi connectivity index (χ2n) is 8.36. The number of fused-ring (bicyclic) bond motifs is 3. The van der Waals surface area contributed by atoms with Crippen molar-refractivity contribution in [2.45, 2.75) is 45.1 Å². The molecule has 1 aliphatic heterocycles. The molecular weight excluding hydrogens is 420 g/mol. The average Bonchev–Trinajstić information content (AvgIpc) is 2.78. The highest BCUT2D eigenvalue weighted by atomic mass is 32.2. The smallest absolute Gasteiger partial charge is 0.265 e. The SMILES string of the molecule is CCc1ccc2c(c1)-c1ccccc1S(=O)(=O)N2CC(=O)NC(C)c1cc(C)ccc1C. The molecule has 0 aliphatic carbocycles. The third kappa shape index (κ3) is 3.91. The van der Waals surface area contributed by atoms with Crippen LogP contribution in [-0.2, 0) is 21.2 Å². The van der Waals surface area contributed by atoms with E-state index in [-0.39, 0.29) is 23.4 Å². The lowest BCUT2D eigenvalue weighted by molar-refractivity contribution is -0.120. The molecule has 0 spiro atoms. The molecule has 1 N–H and O–H groups in total. The molecule has 0 saturated carbocycles. The van der Waals surface area contributed by atoms with Crippen molar-refractivity contribution in [3.8, 4) is 11.1 Å². The van der Waals surface area contributed by atoms with Gasteiger partial charge in [-0.05, 0) is 62.1 Å². The van der Waals surface area contributed by atoms with Gasteiger partial charge in [-0.2, -0.15) is 0 Å². The molecular formula is C26H28N2O3S. The van der Waals surface area contributed by atoms with E-state index in [1.165, 1.54) is 4.31 Å². The number of amides is 1. The summed E-state index contributed by atoms with van der Waals surface area (Å²) in [6.07, 6.45) is 0.843. The largest absolute Gasteiger partial charge is 0.348 e. The van der Waals surface area contributed by atoms with Gasteiger partial charge in [0.05, 0.1) is 16.6 Å². The van der Waals surface area contributed by atoms with E-state index in [2.05, 4.69) is 18.3 Å². The highest BCUT2D eigenvalue weighted by molar-refractivity contribution is 7.93. The van der Waals surface area contributed by atoms with Gasteiger partial charge in [-0.25, -0.2) is 8.42 Å². The van der Waals surface area contributed by atoms with Crippen LogP contribution in [0.3, 0.4) is 0 Å². The molecule has 3 aromatic rings. The van der Waals surface area contributed by atoms with E-state index in [9.17, 15) is 13.2 Å². The Balaban J connectivity index is 1.68. The first-order chi connectivity index (χ1) is 15.2. The summed E-state index contributed by atoms with van der Waals surface area (Å²) < 4.78 is 28.1. The van der Waals surface area contributed by atoms with Gasteiger partial charge >= 0.3 is 0 Å². The maximum Gasteiger partial charge on any atom is 0.265 e. The number of nitrogens with one attached hydrogen (secondary N) is 1. The Kier molecular flexibility index (Phi) is 5.82. The third-order valence-electron chi connectivity index (χ3n) is 6.05. The van der Waals surface area contributed by atoms with Crippen LogP contribution in [0.2, 0.25) is 0 Å². The van der Waals surface area contributed by atoms with Crippen molar-refractivity contribution in [1.29, 1.82) is 0 Å². The summed E-state index contributed by atoms with van der Waals surface area (Å²) in [4.78, 5) is 13.2. The minimum Gasteiger partial charge on any atom is -0.348 e. The molecule has 4 rings (SSSR count). The van der Waals surface area contributed by atoms with Crippen molar-refractivity contribution in [2.24, 2.45) is 0 Å². The van der Waals surface area contributed by atoms with Gasteiger partial charge in [0.25, 0.3) is 10.0 Å². The molecule has 0 radical (unpaired) electrons. The highest BCUT2D eigenvalue weighted by Crippen LogP contribution is 2.43. The van der Waals surface area contributed by atoms with Gasteiger partial charge in [-0.15, -0.1) is 0 Å². The summed E-state index contributed by atoms with van der Waals surface area (Å²) in [6, 6.07) is 18.6. The number of hydrogen-bond donors (Lipinski definition) is 1. The zero-order chi connectivity index (χ0) is 23.0. The zero-order valence-electron chi connectivity index (χ0n) is 18.8. The van der Waals surface area contributed by atoms with Crippen molar-refractivity contribution in [3.05, 3.63) is 82.9 Å². The third-order valence-corrected chi connectivity index (χ3v) is 7.87. The summed E-state index contributed by atoms with van der Waals surface area (Å²) >= 11 is 0. The predicted octanol–water partition coefficient (Wildman–Crippen LogP) is 4.92. The molecule has 0 bridgehead atoms. The first-order valence-electron chi connectivity index (χ1n) is 10.8. The summed E-state index contributed by atoms with van der Waals surface area (Å²) in [5, 5.41) is 2.98. The molecule has 5 nitrogen and oxygen atoms in total. The van der Waals surface area contributed by atoms with Gasteiger partial charge in [0, 0.05) is 11.1 Å². The molecule has 1 aliphatic rings. The zero-order valence-corrected chi connectivity index (χ0v) is 19.7. The Bertz CT molecular complexity index is 1300. The van der Waals surface area contributed by atoms with Crippen LogP contribution in [-0.4, -0.2) is 20.9 Å². The number of benzene rings is 3. The molecule has 1 heterocycles. The normalized spacial score (nSPS) is 14.9. The number of carbonyl (C=O) groups excluding carboxylic acids is 1. The van der Waals surface area contributed by atoms with Crippen LogP contribution in [0, 0.1) is 13.8 Å². The average molecular weight is 449 g/mol. The molecule has 166 valence electrons. The number of aryl methyl sites for hydroxylation is 3. The first-order valence-corrected chi connectivity index (χ1v) is 12.3. The predicted molar refractivity (Wildman–Crippen MR) is 128 cm³/mol. The number of nitrogens with zero attached hydrogens (tertiary/aromatic N) is 1. The molecule has 1 amide bonds.